The van der Waals surface area contributed by atoms with Gasteiger partial charge in [-0.05, 0) is 12.8 Å². The fourth-order valence-corrected chi connectivity index (χ4v) is 3.01. The number of thioether (sulfide) groups is 1. The highest BCUT2D eigenvalue weighted by Crippen LogP contribution is 2.15. The van der Waals surface area contributed by atoms with E-state index in [1.807, 2.05) is 0 Å². The molecule has 0 spiro atoms. The van der Waals surface area contributed by atoms with Crippen molar-refractivity contribution in [3.05, 3.63) is 0 Å². The van der Waals surface area contributed by atoms with Crippen molar-refractivity contribution in [3.63, 3.8) is 0 Å². The van der Waals surface area contributed by atoms with E-state index in [-0.39, 0.29) is 6.61 Å². The maximum absolute atomic E-state index is 9.21. The van der Waals surface area contributed by atoms with Crippen LogP contribution in [0.5, 0.6) is 0 Å². The normalized spacial score (nSPS) is 12.6. The summed E-state index contributed by atoms with van der Waals surface area (Å²) >= 11 is 6.75. The van der Waals surface area contributed by atoms with Crippen molar-refractivity contribution >= 4 is 28.2 Å². The SMILES string of the molecule is CCCCCCCCCCCC(=S)SCC(O)CO. The average Bonchev–Trinajstić information content (AvgIpc) is 2.42. The molecule has 2 nitrogen and oxygen atoms in total. The standard InChI is InChI=1S/C15H30O2S2/c1-2-3-4-5-6-7-8-9-10-11-15(18)19-13-14(17)12-16/h14,16-17H,2-13H2,1H3. The van der Waals surface area contributed by atoms with Gasteiger partial charge in [-0.3, -0.25) is 0 Å². The third-order valence-electron chi connectivity index (χ3n) is 3.13. The summed E-state index contributed by atoms with van der Waals surface area (Å²) in [5.74, 6) is 0.521. The predicted molar refractivity (Wildman–Crippen MR) is 90.0 cm³/mol. The summed E-state index contributed by atoms with van der Waals surface area (Å²) in [5.41, 5.74) is 0. The molecule has 0 aliphatic rings. The molecular weight excluding hydrogens is 276 g/mol. The lowest BCUT2D eigenvalue weighted by atomic mass is 10.1. The molecule has 0 aliphatic carbocycles. The second kappa shape index (κ2) is 14.8. The van der Waals surface area contributed by atoms with Gasteiger partial charge in [0.2, 0.25) is 0 Å². The highest BCUT2D eigenvalue weighted by molar-refractivity contribution is 8.23. The lowest BCUT2D eigenvalue weighted by Crippen LogP contribution is -2.15. The van der Waals surface area contributed by atoms with Crippen LogP contribution in [0.15, 0.2) is 0 Å². The zero-order chi connectivity index (χ0) is 14.3. The van der Waals surface area contributed by atoms with Crippen LogP contribution < -0.4 is 0 Å². The van der Waals surface area contributed by atoms with Crippen molar-refractivity contribution in [1.29, 1.82) is 0 Å². The molecule has 0 bridgehead atoms. The van der Waals surface area contributed by atoms with Crippen LogP contribution in [-0.4, -0.2) is 32.9 Å². The van der Waals surface area contributed by atoms with Crippen LogP contribution >= 0.6 is 24.0 Å². The fourth-order valence-electron chi connectivity index (χ4n) is 1.89. The maximum atomic E-state index is 9.21. The molecule has 0 saturated heterocycles. The summed E-state index contributed by atoms with van der Waals surface area (Å²) < 4.78 is 0.968. The van der Waals surface area contributed by atoms with Crippen molar-refractivity contribution in [2.24, 2.45) is 0 Å². The second-order valence-electron chi connectivity index (χ2n) is 5.10. The van der Waals surface area contributed by atoms with Crippen molar-refractivity contribution in [2.75, 3.05) is 12.4 Å². The van der Waals surface area contributed by atoms with Gasteiger partial charge in [0, 0.05) is 9.95 Å². The number of unbranched alkanes of at least 4 members (excludes halogenated alkanes) is 8. The molecule has 1 unspecified atom stereocenters. The Morgan fingerprint density at radius 1 is 1.00 bits per heavy atom. The zero-order valence-corrected chi connectivity index (χ0v) is 13.9. The first-order chi connectivity index (χ1) is 9.20. The third kappa shape index (κ3) is 14.6. The fraction of sp³-hybridized carbons (Fsp3) is 0.933. The van der Waals surface area contributed by atoms with E-state index in [0.29, 0.717) is 5.75 Å². The number of thiocarbonyl (C=S) groups is 1. The number of hydrogen-bond acceptors (Lipinski definition) is 4. The number of rotatable bonds is 13. The quantitative estimate of drug-likeness (QED) is 0.393. The number of hydrogen-bond donors (Lipinski definition) is 2. The highest BCUT2D eigenvalue weighted by Gasteiger charge is 2.04. The Hall–Kier alpha value is 0.360. The van der Waals surface area contributed by atoms with Gasteiger partial charge >= 0.3 is 0 Å². The Morgan fingerprint density at radius 2 is 1.53 bits per heavy atom. The Balaban J connectivity index is 3.18. The molecule has 0 saturated carbocycles. The van der Waals surface area contributed by atoms with E-state index in [0.717, 1.165) is 17.0 Å². The van der Waals surface area contributed by atoms with Crippen LogP contribution in [0, 0.1) is 0 Å². The van der Waals surface area contributed by atoms with Gasteiger partial charge in [0.1, 0.15) is 0 Å². The van der Waals surface area contributed by atoms with E-state index in [1.165, 1.54) is 63.1 Å². The van der Waals surface area contributed by atoms with E-state index in [2.05, 4.69) is 6.92 Å². The molecule has 0 aromatic carbocycles. The van der Waals surface area contributed by atoms with Gasteiger partial charge in [0.25, 0.3) is 0 Å². The Morgan fingerprint density at radius 3 is 2.05 bits per heavy atom. The van der Waals surface area contributed by atoms with Crippen LogP contribution in [-0.2, 0) is 0 Å². The zero-order valence-electron chi connectivity index (χ0n) is 12.3. The van der Waals surface area contributed by atoms with Crippen molar-refractivity contribution in [3.8, 4) is 0 Å². The molecule has 1 atom stereocenters. The third-order valence-corrected chi connectivity index (χ3v) is 4.77. The van der Waals surface area contributed by atoms with E-state index in [4.69, 9.17) is 17.3 Å². The molecule has 0 aliphatic heterocycles. The lowest BCUT2D eigenvalue weighted by Gasteiger charge is -2.07. The minimum atomic E-state index is -0.633. The maximum Gasteiger partial charge on any atom is 0.0864 e. The highest BCUT2D eigenvalue weighted by atomic mass is 32.2. The van der Waals surface area contributed by atoms with E-state index >= 15 is 0 Å². The summed E-state index contributed by atoms with van der Waals surface area (Å²) in [6.45, 7) is 2.08. The molecule has 114 valence electrons. The monoisotopic (exact) mass is 306 g/mol. The lowest BCUT2D eigenvalue weighted by molar-refractivity contribution is 0.114. The second-order valence-corrected chi connectivity index (χ2v) is 6.96. The van der Waals surface area contributed by atoms with E-state index in [9.17, 15) is 5.11 Å². The molecule has 0 amide bonds. The van der Waals surface area contributed by atoms with Gasteiger partial charge < -0.3 is 10.2 Å². The summed E-state index contributed by atoms with van der Waals surface area (Å²) in [6.07, 6.45) is 12.3. The first-order valence-electron chi connectivity index (χ1n) is 7.65. The molecule has 4 heteroatoms. The first kappa shape index (κ1) is 19.4. The van der Waals surface area contributed by atoms with Gasteiger partial charge in [-0.15, -0.1) is 11.8 Å². The predicted octanol–water partition coefficient (Wildman–Crippen LogP) is 4.32. The molecule has 0 fully saturated rings. The van der Waals surface area contributed by atoms with E-state index in [1.54, 1.807) is 0 Å². The van der Waals surface area contributed by atoms with Crippen LogP contribution in [0.25, 0.3) is 0 Å². The molecule has 0 aromatic rings. The minimum absolute atomic E-state index is 0.173. The van der Waals surface area contributed by atoms with Gasteiger partial charge in [-0.1, -0.05) is 70.5 Å². The Labute approximate surface area is 128 Å². The molecule has 0 heterocycles. The van der Waals surface area contributed by atoms with Crippen LogP contribution in [0.4, 0.5) is 0 Å². The average molecular weight is 307 g/mol. The molecule has 19 heavy (non-hydrogen) atoms. The number of aliphatic hydroxyl groups is 2. The van der Waals surface area contributed by atoms with Crippen LogP contribution in [0.1, 0.15) is 71.1 Å². The van der Waals surface area contributed by atoms with Crippen LogP contribution in [0.2, 0.25) is 0 Å². The van der Waals surface area contributed by atoms with Crippen molar-refractivity contribution in [2.45, 2.75) is 77.2 Å². The smallest absolute Gasteiger partial charge is 0.0864 e. The van der Waals surface area contributed by atoms with Crippen molar-refractivity contribution in [1.82, 2.24) is 0 Å². The summed E-state index contributed by atoms with van der Waals surface area (Å²) in [5, 5.41) is 17.9. The van der Waals surface area contributed by atoms with Gasteiger partial charge in [-0.2, -0.15) is 0 Å². The van der Waals surface area contributed by atoms with Crippen LogP contribution in [0.3, 0.4) is 0 Å². The minimum Gasteiger partial charge on any atom is -0.394 e. The van der Waals surface area contributed by atoms with Gasteiger partial charge in [0.15, 0.2) is 0 Å². The Kier molecular flexibility index (Phi) is 15.0. The van der Waals surface area contributed by atoms with E-state index < -0.39 is 6.10 Å². The first-order valence-corrected chi connectivity index (χ1v) is 9.04. The summed E-state index contributed by atoms with van der Waals surface area (Å²) in [6, 6.07) is 0. The summed E-state index contributed by atoms with van der Waals surface area (Å²) in [7, 11) is 0. The van der Waals surface area contributed by atoms with Gasteiger partial charge in [-0.25, -0.2) is 0 Å². The Bertz CT molecular complexity index is 210. The molecule has 2 N–H and O–H groups in total. The molecule has 0 rings (SSSR count). The number of aliphatic hydroxyl groups excluding tert-OH is 2. The van der Waals surface area contributed by atoms with Crippen molar-refractivity contribution < 1.29 is 10.2 Å². The summed E-state index contributed by atoms with van der Waals surface area (Å²) in [4.78, 5) is 0. The van der Waals surface area contributed by atoms with Gasteiger partial charge in [0.05, 0.1) is 12.7 Å². The molecule has 0 radical (unpaired) electrons. The molecular formula is C15H30O2S2. The largest absolute Gasteiger partial charge is 0.394 e. The topological polar surface area (TPSA) is 40.5 Å². The molecule has 0 aromatic heterocycles.